The Balaban J connectivity index is 2.02. The summed E-state index contributed by atoms with van der Waals surface area (Å²) in [5.74, 6) is -0.467. The number of azo groups is 1. The molecule has 0 aliphatic heterocycles. The molecule has 1 aromatic carbocycles. The van der Waals surface area contributed by atoms with Crippen LogP contribution in [0.3, 0.4) is 0 Å². The number of pyridine rings is 1. The number of carbonyl (C=O) groups excluding carboxylic acids is 1. The summed E-state index contributed by atoms with van der Waals surface area (Å²) in [6.07, 6.45) is 3.03. The summed E-state index contributed by atoms with van der Waals surface area (Å²) in [4.78, 5) is 15.8. The highest BCUT2D eigenvalue weighted by atomic mass is 16.3. The van der Waals surface area contributed by atoms with Crippen LogP contribution in [0.1, 0.15) is 17.3 Å². The normalized spacial score (nSPS) is 11.3. The van der Waals surface area contributed by atoms with E-state index in [1.165, 1.54) is 12.4 Å². The molecule has 0 saturated carbocycles. The van der Waals surface area contributed by atoms with Gasteiger partial charge in [-0.05, 0) is 25.1 Å². The van der Waals surface area contributed by atoms with Gasteiger partial charge in [0.05, 0.1) is 5.52 Å². The van der Waals surface area contributed by atoms with Crippen molar-refractivity contribution in [1.29, 1.82) is 0 Å². The van der Waals surface area contributed by atoms with Crippen LogP contribution < -0.4 is 0 Å². The van der Waals surface area contributed by atoms with Crippen LogP contribution in [0.25, 0.3) is 10.9 Å². The Bertz CT molecular complexity index is 853. The molecular formula is C16H14N4O2. The fourth-order valence-corrected chi connectivity index (χ4v) is 2.34. The Hall–Kier alpha value is -3.02. The summed E-state index contributed by atoms with van der Waals surface area (Å²) >= 11 is 0. The number of hydrogen-bond donors (Lipinski definition) is 1. The molecule has 2 aromatic heterocycles. The molecule has 2 heterocycles. The third-order valence-electron chi connectivity index (χ3n) is 3.40. The maximum absolute atomic E-state index is 12.0. The predicted octanol–water partition coefficient (Wildman–Crippen LogP) is 3.69. The van der Waals surface area contributed by atoms with E-state index in [1.807, 2.05) is 31.2 Å². The summed E-state index contributed by atoms with van der Waals surface area (Å²) in [5.41, 5.74) is 1.56. The average molecular weight is 294 g/mol. The molecule has 0 saturated heterocycles. The monoisotopic (exact) mass is 294 g/mol. The summed E-state index contributed by atoms with van der Waals surface area (Å²) < 4.78 is 1.72. The lowest BCUT2D eigenvalue weighted by Crippen LogP contribution is -1.93. The molecule has 110 valence electrons. The molecule has 0 bridgehead atoms. The Kier molecular flexibility index (Phi) is 3.65. The van der Waals surface area contributed by atoms with Crippen molar-refractivity contribution in [3.63, 3.8) is 0 Å². The number of fused-ring (bicyclic) bond motifs is 1. The second-order valence-electron chi connectivity index (χ2n) is 4.67. The van der Waals surface area contributed by atoms with Crippen molar-refractivity contribution in [2.45, 2.75) is 13.5 Å². The lowest BCUT2D eigenvalue weighted by Gasteiger charge is -2.00. The van der Waals surface area contributed by atoms with Gasteiger partial charge < -0.3 is 9.67 Å². The van der Waals surface area contributed by atoms with Gasteiger partial charge in [-0.25, -0.2) is 0 Å². The van der Waals surface area contributed by atoms with Gasteiger partial charge in [-0.3, -0.25) is 9.78 Å². The molecule has 0 atom stereocenters. The summed E-state index contributed by atoms with van der Waals surface area (Å²) in [5, 5.41) is 18.7. The summed E-state index contributed by atoms with van der Waals surface area (Å²) in [6, 6.07) is 10.6. The summed E-state index contributed by atoms with van der Waals surface area (Å²) in [6.45, 7) is 2.52. The number of aryl methyl sites for hydroxylation is 1. The van der Waals surface area contributed by atoms with Crippen LogP contribution in [0.15, 0.2) is 59.0 Å². The van der Waals surface area contributed by atoms with E-state index < -0.39 is 5.91 Å². The number of carbonyl (C=O) groups is 1. The van der Waals surface area contributed by atoms with Crippen molar-refractivity contribution in [3.8, 4) is 5.88 Å². The smallest absolute Gasteiger partial charge is 0.295 e. The van der Waals surface area contributed by atoms with E-state index in [2.05, 4.69) is 15.2 Å². The van der Waals surface area contributed by atoms with Crippen molar-refractivity contribution in [1.82, 2.24) is 9.55 Å². The maximum Gasteiger partial charge on any atom is 0.295 e. The van der Waals surface area contributed by atoms with Crippen LogP contribution in [0, 0.1) is 0 Å². The number of rotatable bonds is 3. The first-order valence-corrected chi connectivity index (χ1v) is 6.88. The number of aromatic hydroxyl groups is 1. The zero-order valence-electron chi connectivity index (χ0n) is 12.0. The van der Waals surface area contributed by atoms with Crippen molar-refractivity contribution in [2.24, 2.45) is 10.2 Å². The van der Waals surface area contributed by atoms with Crippen LogP contribution in [0.2, 0.25) is 0 Å². The molecule has 6 heteroatoms. The largest absolute Gasteiger partial charge is 0.493 e. The summed E-state index contributed by atoms with van der Waals surface area (Å²) in [7, 11) is 0. The zero-order valence-corrected chi connectivity index (χ0v) is 12.0. The molecule has 0 spiro atoms. The first-order valence-electron chi connectivity index (χ1n) is 6.88. The standard InChI is InChI=1S/C16H14N4O2/c1-2-20-13-6-4-3-5-12(13)14(16(20)22)18-19-15(21)11-7-9-17-10-8-11/h3-10,22H,2H2,1H3. The zero-order chi connectivity index (χ0) is 15.5. The molecule has 3 aromatic rings. The average Bonchev–Trinajstić information content (AvgIpc) is 2.84. The van der Waals surface area contributed by atoms with E-state index in [0.29, 0.717) is 17.8 Å². The molecule has 22 heavy (non-hydrogen) atoms. The fourth-order valence-electron chi connectivity index (χ4n) is 2.34. The van der Waals surface area contributed by atoms with Gasteiger partial charge in [-0.1, -0.05) is 18.2 Å². The minimum absolute atomic E-state index is 0.00924. The molecule has 0 aliphatic carbocycles. The Morgan fingerprint density at radius 1 is 1.23 bits per heavy atom. The van der Waals surface area contributed by atoms with E-state index in [9.17, 15) is 9.90 Å². The maximum atomic E-state index is 12.0. The van der Waals surface area contributed by atoms with Gasteiger partial charge in [0.1, 0.15) is 0 Å². The molecule has 0 aliphatic rings. The van der Waals surface area contributed by atoms with Gasteiger partial charge in [0, 0.05) is 29.9 Å². The van der Waals surface area contributed by atoms with E-state index >= 15 is 0 Å². The third-order valence-corrected chi connectivity index (χ3v) is 3.40. The molecule has 1 N–H and O–H groups in total. The molecule has 1 amide bonds. The van der Waals surface area contributed by atoms with Crippen LogP contribution in [-0.4, -0.2) is 20.6 Å². The first-order chi connectivity index (χ1) is 10.7. The Morgan fingerprint density at radius 2 is 1.95 bits per heavy atom. The molecule has 0 fully saturated rings. The Morgan fingerprint density at radius 3 is 2.68 bits per heavy atom. The number of para-hydroxylation sites is 1. The minimum atomic E-state index is -0.477. The van der Waals surface area contributed by atoms with Crippen LogP contribution in [0.4, 0.5) is 5.69 Å². The first kappa shape index (κ1) is 13.9. The highest BCUT2D eigenvalue weighted by Gasteiger charge is 2.15. The lowest BCUT2D eigenvalue weighted by molar-refractivity contribution is 0.0995. The topological polar surface area (TPSA) is 79.8 Å². The van der Waals surface area contributed by atoms with Gasteiger partial charge in [0.25, 0.3) is 5.91 Å². The van der Waals surface area contributed by atoms with Gasteiger partial charge in [-0.15, -0.1) is 10.2 Å². The quantitative estimate of drug-likeness (QED) is 0.748. The molecular weight excluding hydrogens is 280 g/mol. The van der Waals surface area contributed by atoms with Crippen molar-refractivity contribution in [2.75, 3.05) is 0 Å². The van der Waals surface area contributed by atoms with Gasteiger partial charge >= 0.3 is 0 Å². The van der Waals surface area contributed by atoms with E-state index in [4.69, 9.17) is 0 Å². The Labute approximate surface area is 126 Å². The highest BCUT2D eigenvalue weighted by Crippen LogP contribution is 2.38. The van der Waals surface area contributed by atoms with Crippen LogP contribution >= 0.6 is 0 Å². The van der Waals surface area contributed by atoms with Crippen molar-refractivity contribution >= 4 is 22.5 Å². The SMILES string of the molecule is CCn1c(O)c(N=NC(=O)c2ccncc2)c2ccccc21. The van der Waals surface area contributed by atoms with Gasteiger partial charge in [0.2, 0.25) is 5.88 Å². The third kappa shape index (κ3) is 2.35. The predicted molar refractivity (Wildman–Crippen MR) is 82.4 cm³/mol. The number of hydrogen-bond acceptors (Lipinski definition) is 4. The molecule has 0 radical (unpaired) electrons. The van der Waals surface area contributed by atoms with Crippen LogP contribution in [-0.2, 0) is 6.54 Å². The number of amides is 1. The van der Waals surface area contributed by atoms with E-state index in [0.717, 1.165) is 10.9 Å². The number of benzene rings is 1. The second-order valence-corrected chi connectivity index (χ2v) is 4.67. The minimum Gasteiger partial charge on any atom is -0.493 e. The van der Waals surface area contributed by atoms with Gasteiger partial charge in [0.15, 0.2) is 5.69 Å². The fraction of sp³-hybridized carbons (Fsp3) is 0.125. The van der Waals surface area contributed by atoms with Gasteiger partial charge in [-0.2, -0.15) is 0 Å². The second kappa shape index (κ2) is 5.77. The van der Waals surface area contributed by atoms with E-state index in [1.54, 1.807) is 16.7 Å². The molecule has 3 rings (SSSR count). The van der Waals surface area contributed by atoms with E-state index in [-0.39, 0.29) is 5.88 Å². The van der Waals surface area contributed by atoms with Crippen LogP contribution in [0.5, 0.6) is 5.88 Å². The highest BCUT2D eigenvalue weighted by molar-refractivity contribution is 5.97. The number of nitrogens with zero attached hydrogens (tertiary/aromatic N) is 4. The molecule has 0 unspecified atom stereocenters. The van der Waals surface area contributed by atoms with Crippen molar-refractivity contribution in [3.05, 3.63) is 54.4 Å². The van der Waals surface area contributed by atoms with Crippen molar-refractivity contribution < 1.29 is 9.90 Å². The molecule has 6 nitrogen and oxygen atoms in total. The number of aromatic nitrogens is 2. The lowest BCUT2D eigenvalue weighted by atomic mass is 10.2.